The number of halogens is 1. The number of amides is 2. The van der Waals surface area contributed by atoms with E-state index in [4.69, 9.17) is 16.3 Å². The maximum absolute atomic E-state index is 13.8. The fourth-order valence-corrected chi connectivity index (χ4v) is 5.43. The number of aromatic nitrogens is 2. The van der Waals surface area contributed by atoms with Gasteiger partial charge in [0.2, 0.25) is 11.7 Å². The number of aromatic carboxylic acids is 1. The number of hydrogen-bond donors (Lipinski definition) is 1. The second kappa shape index (κ2) is 11.9. The number of rotatable bonds is 8. The lowest BCUT2D eigenvalue weighted by Gasteiger charge is -2.43. The lowest BCUT2D eigenvalue weighted by atomic mass is 9.89. The molecule has 0 fully saturated rings. The molecule has 2 heterocycles. The molecular formula is C31H29ClN4O5. The van der Waals surface area contributed by atoms with Gasteiger partial charge < -0.3 is 24.2 Å². The Labute approximate surface area is 242 Å². The Morgan fingerprint density at radius 2 is 1.76 bits per heavy atom. The van der Waals surface area contributed by atoms with Crippen LogP contribution in [-0.2, 0) is 11.3 Å². The van der Waals surface area contributed by atoms with Crippen molar-refractivity contribution >= 4 is 40.8 Å². The normalized spacial score (nSPS) is 16.1. The smallest absolute Gasteiger partial charge is 0.372 e. The van der Waals surface area contributed by atoms with Crippen molar-refractivity contribution in [2.45, 2.75) is 38.9 Å². The number of carbonyl (C=O) groups excluding carboxylic acids is 2. The number of carboxylic acid groups (broad SMARTS) is 1. The summed E-state index contributed by atoms with van der Waals surface area (Å²) in [5.41, 5.74) is 2.90. The first-order valence-corrected chi connectivity index (χ1v) is 13.6. The number of nitrogens with zero attached hydrogens (tertiary/aromatic N) is 4. The highest BCUT2D eigenvalue weighted by atomic mass is 35.5. The molecule has 2 amide bonds. The van der Waals surface area contributed by atoms with Crippen LogP contribution in [0.25, 0.3) is 0 Å². The van der Waals surface area contributed by atoms with Gasteiger partial charge in [-0.1, -0.05) is 29.8 Å². The maximum Gasteiger partial charge on any atom is 0.372 e. The van der Waals surface area contributed by atoms with Crippen LogP contribution in [0.2, 0.25) is 5.02 Å². The molecule has 2 atom stereocenters. The van der Waals surface area contributed by atoms with Gasteiger partial charge in [0, 0.05) is 47.3 Å². The van der Waals surface area contributed by atoms with Gasteiger partial charge in [-0.3, -0.25) is 9.59 Å². The van der Waals surface area contributed by atoms with Gasteiger partial charge in [0.25, 0.3) is 5.91 Å². The Hall–Kier alpha value is -4.63. The molecule has 1 aliphatic rings. The van der Waals surface area contributed by atoms with Crippen molar-refractivity contribution in [2.75, 3.05) is 16.4 Å². The fraction of sp³-hybridized carbons (Fsp3) is 0.226. The third kappa shape index (κ3) is 5.81. The summed E-state index contributed by atoms with van der Waals surface area (Å²) in [6, 6.07) is 21.3. The van der Waals surface area contributed by atoms with Gasteiger partial charge in [0.05, 0.1) is 12.6 Å². The number of fused-ring (bicyclic) bond motifs is 1. The number of imidazole rings is 1. The third-order valence-electron chi connectivity index (χ3n) is 7.14. The zero-order valence-corrected chi connectivity index (χ0v) is 23.4. The molecule has 0 spiro atoms. The summed E-state index contributed by atoms with van der Waals surface area (Å²) < 4.78 is 7.27. The Morgan fingerprint density at radius 1 is 1.05 bits per heavy atom. The van der Waals surface area contributed by atoms with Crippen LogP contribution in [0.1, 0.15) is 52.9 Å². The maximum atomic E-state index is 13.8. The summed E-state index contributed by atoms with van der Waals surface area (Å²) in [7, 11) is 0. The van der Waals surface area contributed by atoms with E-state index in [0.717, 1.165) is 16.9 Å². The minimum Gasteiger partial charge on any atom is -0.492 e. The number of carboxylic acids is 1. The minimum absolute atomic E-state index is 0.0488. The second-order valence-corrected chi connectivity index (χ2v) is 10.3. The number of hydrogen-bond acceptors (Lipinski definition) is 5. The fourth-order valence-electron chi connectivity index (χ4n) is 5.30. The first-order valence-electron chi connectivity index (χ1n) is 13.2. The molecule has 0 aliphatic carbocycles. The van der Waals surface area contributed by atoms with E-state index in [2.05, 4.69) is 4.98 Å². The van der Waals surface area contributed by atoms with Gasteiger partial charge in [0.1, 0.15) is 12.4 Å². The van der Waals surface area contributed by atoms with Crippen LogP contribution in [0.4, 0.5) is 11.4 Å². The Kier molecular flexibility index (Phi) is 8.07. The highest BCUT2D eigenvalue weighted by Crippen LogP contribution is 2.43. The molecule has 9 nitrogen and oxygen atoms in total. The summed E-state index contributed by atoms with van der Waals surface area (Å²) in [6.07, 6.45) is 3.57. The third-order valence-corrected chi connectivity index (χ3v) is 7.40. The van der Waals surface area contributed by atoms with Crippen LogP contribution < -0.4 is 14.5 Å². The average Bonchev–Trinajstić information content (AvgIpc) is 3.43. The van der Waals surface area contributed by atoms with Crippen molar-refractivity contribution in [1.29, 1.82) is 0 Å². The van der Waals surface area contributed by atoms with Crippen LogP contribution >= 0.6 is 11.6 Å². The van der Waals surface area contributed by atoms with E-state index >= 15 is 0 Å². The molecule has 5 rings (SSSR count). The van der Waals surface area contributed by atoms with E-state index in [0.29, 0.717) is 29.3 Å². The molecule has 0 saturated carbocycles. The van der Waals surface area contributed by atoms with Crippen molar-refractivity contribution < 1.29 is 24.2 Å². The quantitative estimate of drug-likeness (QED) is 0.284. The van der Waals surface area contributed by atoms with Gasteiger partial charge in [-0.05, 0) is 73.5 Å². The lowest BCUT2D eigenvalue weighted by Crippen LogP contribution is -2.47. The van der Waals surface area contributed by atoms with Crippen molar-refractivity contribution in [3.63, 3.8) is 0 Å². The van der Waals surface area contributed by atoms with Gasteiger partial charge >= 0.3 is 5.97 Å². The molecule has 0 bridgehead atoms. The van der Waals surface area contributed by atoms with E-state index in [1.807, 2.05) is 43.3 Å². The predicted octanol–water partition coefficient (Wildman–Crippen LogP) is 5.85. The topological polar surface area (TPSA) is 105 Å². The zero-order chi connectivity index (χ0) is 29.1. The molecular weight excluding hydrogens is 544 g/mol. The predicted molar refractivity (Wildman–Crippen MR) is 156 cm³/mol. The molecule has 10 heteroatoms. The second-order valence-electron chi connectivity index (χ2n) is 9.82. The van der Waals surface area contributed by atoms with E-state index in [-0.39, 0.29) is 36.3 Å². The van der Waals surface area contributed by atoms with Gasteiger partial charge in [-0.2, -0.15) is 0 Å². The van der Waals surface area contributed by atoms with Crippen LogP contribution in [-0.4, -0.2) is 45.1 Å². The Balaban J connectivity index is 1.34. The van der Waals surface area contributed by atoms with Crippen LogP contribution in [0.3, 0.4) is 0 Å². The largest absolute Gasteiger partial charge is 0.492 e. The zero-order valence-electron chi connectivity index (χ0n) is 22.6. The van der Waals surface area contributed by atoms with Crippen molar-refractivity contribution in [3.8, 4) is 5.75 Å². The molecule has 41 heavy (non-hydrogen) atoms. The van der Waals surface area contributed by atoms with Crippen molar-refractivity contribution in [1.82, 2.24) is 9.55 Å². The summed E-state index contributed by atoms with van der Waals surface area (Å²) in [5, 5.41) is 9.78. The number of carbonyl (C=O) groups is 3. The molecule has 0 saturated heterocycles. The van der Waals surface area contributed by atoms with Gasteiger partial charge in [0.15, 0.2) is 0 Å². The number of anilines is 2. The molecule has 1 aromatic heterocycles. The molecule has 1 aliphatic heterocycles. The first kappa shape index (κ1) is 27.9. The van der Waals surface area contributed by atoms with Crippen LogP contribution in [0.5, 0.6) is 5.75 Å². The Morgan fingerprint density at radius 3 is 2.44 bits per heavy atom. The summed E-state index contributed by atoms with van der Waals surface area (Å²) in [5.74, 6) is -0.836. The lowest BCUT2D eigenvalue weighted by molar-refractivity contribution is -0.117. The van der Waals surface area contributed by atoms with E-state index in [1.54, 1.807) is 59.3 Å². The van der Waals surface area contributed by atoms with Crippen molar-refractivity contribution in [2.24, 2.45) is 0 Å². The van der Waals surface area contributed by atoms with E-state index in [9.17, 15) is 19.5 Å². The van der Waals surface area contributed by atoms with E-state index in [1.165, 1.54) is 10.8 Å². The first-order chi connectivity index (χ1) is 19.7. The van der Waals surface area contributed by atoms with Gasteiger partial charge in [-0.15, -0.1) is 0 Å². The number of benzene rings is 3. The minimum atomic E-state index is -1.10. The monoisotopic (exact) mass is 572 g/mol. The summed E-state index contributed by atoms with van der Waals surface area (Å²) in [4.78, 5) is 45.3. The Bertz CT molecular complexity index is 1570. The molecule has 1 N–H and O–H groups in total. The molecule has 4 aromatic rings. The van der Waals surface area contributed by atoms with Crippen molar-refractivity contribution in [3.05, 3.63) is 107 Å². The highest BCUT2D eigenvalue weighted by Gasteiger charge is 2.38. The summed E-state index contributed by atoms with van der Waals surface area (Å²) >= 11 is 6.09. The average molecular weight is 573 g/mol. The van der Waals surface area contributed by atoms with Gasteiger partial charge in [-0.25, -0.2) is 9.78 Å². The molecule has 210 valence electrons. The standard InChI is InChI=1S/C31H29ClN4O5/c1-20-19-28(36(21(2)37)24-11-9-23(32)10-12-24)26-5-3-4-6-27(26)35(20)30(38)22-7-13-25(14-8-22)41-18-17-34-16-15-33-29(34)31(39)40/h3-16,20,28H,17-19H2,1-2H3,(H,39,40)/t20-,28+/m0/s1. The number of ether oxygens (including phenoxy) is 1. The highest BCUT2D eigenvalue weighted by molar-refractivity contribution is 6.30. The molecule has 0 unspecified atom stereocenters. The number of para-hydroxylation sites is 1. The van der Waals surface area contributed by atoms with Crippen LogP contribution in [0, 0.1) is 0 Å². The summed E-state index contributed by atoms with van der Waals surface area (Å²) in [6.45, 7) is 4.09. The van der Waals surface area contributed by atoms with E-state index < -0.39 is 5.97 Å². The molecule has 3 aromatic carbocycles. The SMILES string of the molecule is CC(=O)N(c1ccc(Cl)cc1)[C@@H]1C[C@H](C)N(C(=O)c2ccc(OCCn3ccnc3C(=O)O)cc2)c2ccccc21. The molecule has 0 radical (unpaired) electrons. The van der Waals surface area contributed by atoms with Crippen LogP contribution in [0.15, 0.2) is 85.2 Å².